The van der Waals surface area contributed by atoms with Crippen LogP contribution in [-0.2, 0) is 0 Å². The molecule has 2 aliphatic rings. The van der Waals surface area contributed by atoms with Crippen molar-refractivity contribution < 1.29 is 0 Å². The maximum Gasteiger partial charge on any atom is 0.0249 e. The van der Waals surface area contributed by atoms with E-state index < -0.39 is 0 Å². The topological polar surface area (TPSA) is 15.3 Å². The van der Waals surface area contributed by atoms with Gasteiger partial charge < -0.3 is 5.32 Å². The monoisotopic (exact) mass is 266 g/mol. The Balaban J connectivity index is 2.13. The number of hydrogen-bond donors (Lipinski definition) is 1. The van der Waals surface area contributed by atoms with Gasteiger partial charge in [0, 0.05) is 30.7 Å². The second kappa shape index (κ2) is 6.13. The van der Waals surface area contributed by atoms with E-state index in [2.05, 4.69) is 44.8 Å². The minimum Gasteiger partial charge on any atom is -0.311 e. The highest BCUT2D eigenvalue weighted by atomic mass is 15.3. The van der Waals surface area contributed by atoms with Crippen molar-refractivity contribution in [3.8, 4) is 0 Å². The van der Waals surface area contributed by atoms with Gasteiger partial charge in [0.2, 0.25) is 0 Å². The van der Waals surface area contributed by atoms with Crippen molar-refractivity contribution in [1.82, 2.24) is 10.2 Å². The van der Waals surface area contributed by atoms with Gasteiger partial charge >= 0.3 is 0 Å². The molecule has 1 aliphatic carbocycles. The summed E-state index contributed by atoms with van der Waals surface area (Å²) in [5.74, 6) is 1.54. The highest BCUT2D eigenvalue weighted by Crippen LogP contribution is 2.38. The molecule has 0 aromatic heterocycles. The normalized spacial score (nSPS) is 33.8. The number of piperazine rings is 1. The van der Waals surface area contributed by atoms with Crippen LogP contribution in [0, 0.1) is 11.8 Å². The summed E-state index contributed by atoms with van der Waals surface area (Å²) in [5.41, 5.74) is 0.475. The predicted molar refractivity (Wildman–Crippen MR) is 83.5 cm³/mol. The fourth-order valence-corrected chi connectivity index (χ4v) is 4.10. The molecular weight excluding hydrogens is 232 g/mol. The summed E-state index contributed by atoms with van der Waals surface area (Å²) >= 11 is 0. The van der Waals surface area contributed by atoms with Crippen molar-refractivity contribution >= 4 is 0 Å². The van der Waals surface area contributed by atoms with E-state index in [0.29, 0.717) is 11.6 Å². The van der Waals surface area contributed by atoms with E-state index in [1.807, 2.05) is 0 Å². The summed E-state index contributed by atoms with van der Waals surface area (Å²) in [7, 11) is 0. The Kier molecular flexibility index (Phi) is 4.94. The summed E-state index contributed by atoms with van der Waals surface area (Å²) in [6, 6.07) is 1.42. The van der Waals surface area contributed by atoms with Gasteiger partial charge in [0.05, 0.1) is 0 Å². The fourth-order valence-electron chi connectivity index (χ4n) is 4.10. The number of nitrogens with zero attached hydrogens (tertiary/aromatic N) is 1. The van der Waals surface area contributed by atoms with E-state index in [1.54, 1.807) is 0 Å². The van der Waals surface area contributed by atoms with Crippen molar-refractivity contribution in [2.24, 2.45) is 11.8 Å². The SMILES string of the molecule is CCC(C)C1CN(C2(C)CCCC2)C(C(C)C)CN1. The first-order valence-corrected chi connectivity index (χ1v) is 8.48. The summed E-state index contributed by atoms with van der Waals surface area (Å²) in [4.78, 5) is 2.89. The van der Waals surface area contributed by atoms with Gasteiger partial charge in [-0.2, -0.15) is 0 Å². The zero-order valence-corrected chi connectivity index (χ0v) is 13.7. The van der Waals surface area contributed by atoms with Crippen LogP contribution in [0.1, 0.15) is 66.7 Å². The van der Waals surface area contributed by atoms with Crippen molar-refractivity contribution in [3.05, 3.63) is 0 Å². The van der Waals surface area contributed by atoms with Gasteiger partial charge in [-0.05, 0) is 31.6 Å². The number of rotatable bonds is 4. The lowest BCUT2D eigenvalue weighted by Gasteiger charge is -2.51. The van der Waals surface area contributed by atoms with E-state index >= 15 is 0 Å². The molecule has 0 bridgehead atoms. The number of hydrogen-bond acceptors (Lipinski definition) is 2. The third kappa shape index (κ3) is 3.16. The zero-order chi connectivity index (χ0) is 14.0. The van der Waals surface area contributed by atoms with Crippen molar-refractivity contribution in [1.29, 1.82) is 0 Å². The van der Waals surface area contributed by atoms with Crippen LogP contribution in [0.15, 0.2) is 0 Å². The molecule has 0 amide bonds. The third-order valence-corrected chi connectivity index (χ3v) is 5.86. The minimum atomic E-state index is 0.475. The lowest BCUT2D eigenvalue weighted by atomic mass is 9.86. The molecule has 2 rings (SSSR count). The van der Waals surface area contributed by atoms with E-state index in [1.165, 1.54) is 45.2 Å². The maximum absolute atomic E-state index is 3.83. The van der Waals surface area contributed by atoms with Gasteiger partial charge in [-0.15, -0.1) is 0 Å². The van der Waals surface area contributed by atoms with Gasteiger partial charge in [-0.3, -0.25) is 4.90 Å². The van der Waals surface area contributed by atoms with Crippen LogP contribution < -0.4 is 5.32 Å². The van der Waals surface area contributed by atoms with Crippen LogP contribution in [0.25, 0.3) is 0 Å². The summed E-state index contributed by atoms with van der Waals surface area (Å²) in [6.45, 7) is 14.5. The lowest BCUT2D eigenvalue weighted by Crippen LogP contribution is -2.65. The van der Waals surface area contributed by atoms with Gasteiger partial charge in [-0.1, -0.05) is 47.0 Å². The first-order chi connectivity index (χ1) is 8.98. The van der Waals surface area contributed by atoms with Crippen molar-refractivity contribution in [3.63, 3.8) is 0 Å². The zero-order valence-electron chi connectivity index (χ0n) is 13.7. The smallest absolute Gasteiger partial charge is 0.0249 e. The van der Waals surface area contributed by atoms with Crippen LogP contribution in [0.2, 0.25) is 0 Å². The maximum atomic E-state index is 3.83. The summed E-state index contributed by atoms with van der Waals surface area (Å²) in [6.07, 6.45) is 6.96. The molecule has 1 saturated carbocycles. The lowest BCUT2D eigenvalue weighted by molar-refractivity contribution is -0.00502. The molecule has 112 valence electrons. The predicted octanol–water partition coefficient (Wildman–Crippen LogP) is 3.66. The quantitative estimate of drug-likeness (QED) is 0.835. The highest BCUT2D eigenvalue weighted by Gasteiger charge is 2.43. The van der Waals surface area contributed by atoms with E-state index in [4.69, 9.17) is 0 Å². The van der Waals surface area contributed by atoms with Gasteiger partial charge in [0.25, 0.3) is 0 Å². The van der Waals surface area contributed by atoms with Gasteiger partial charge in [0.1, 0.15) is 0 Å². The molecule has 0 radical (unpaired) electrons. The standard InChI is InChI=1S/C17H34N2/c1-6-14(4)15-12-19(16(11-18-15)13(2)3)17(5)9-7-8-10-17/h13-16,18H,6-12H2,1-5H3. The molecule has 3 atom stereocenters. The summed E-state index contributed by atoms with van der Waals surface area (Å²) in [5, 5.41) is 3.83. The Morgan fingerprint density at radius 3 is 2.37 bits per heavy atom. The molecule has 1 saturated heterocycles. The molecule has 3 unspecified atom stereocenters. The Labute approximate surface area is 120 Å². The molecular formula is C17H34N2. The van der Waals surface area contributed by atoms with E-state index in [0.717, 1.165) is 17.9 Å². The Hall–Kier alpha value is -0.0800. The second-order valence-electron chi connectivity index (χ2n) is 7.57. The minimum absolute atomic E-state index is 0.475. The van der Waals surface area contributed by atoms with Crippen LogP contribution in [0.4, 0.5) is 0 Å². The summed E-state index contributed by atoms with van der Waals surface area (Å²) < 4.78 is 0. The second-order valence-corrected chi connectivity index (χ2v) is 7.57. The Morgan fingerprint density at radius 2 is 1.84 bits per heavy atom. The van der Waals surface area contributed by atoms with Gasteiger partial charge in [0.15, 0.2) is 0 Å². The average molecular weight is 266 g/mol. The molecule has 1 heterocycles. The van der Waals surface area contributed by atoms with E-state index in [9.17, 15) is 0 Å². The molecule has 0 aromatic rings. The molecule has 1 N–H and O–H groups in total. The Bertz CT molecular complexity index is 281. The molecule has 0 aromatic carbocycles. The molecule has 2 fully saturated rings. The largest absolute Gasteiger partial charge is 0.311 e. The fraction of sp³-hybridized carbons (Fsp3) is 1.00. The van der Waals surface area contributed by atoms with Crippen LogP contribution in [0.3, 0.4) is 0 Å². The first-order valence-electron chi connectivity index (χ1n) is 8.48. The van der Waals surface area contributed by atoms with Crippen LogP contribution in [0.5, 0.6) is 0 Å². The average Bonchev–Trinajstić information content (AvgIpc) is 2.85. The molecule has 19 heavy (non-hydrogen) atoms. The number of nitrogens with one attached hydrogen (secondary N) is 1. The molecule has 0 spiro atoms. The van der Waals surface area contributed by atoms with Crippen LogP contribution >= 0.6 is 0 Å². The third-order valence-electron chi connectivity index (χ3n) is 5.86. The molecule has 2 heteroatoms. The van der Waals surface area contributed by atoms with E-state index in [-0.39, 0.29) is 0 Å². The van der Waals surface area contributed by atoms with Crippen molar-refractivity contribution in [2.75, 3.05) is 13.1 Å². The van der Waals surface area contributed by atoms with Crippen LogP contribution in [-0.4, -0.2) is 35.6 Å². The molecule has 1 aliphatic heterocycles. The van der Waals surface area contributed by atoms with Crippen molar-refractivity contribution in [2.45, 2.75) is 84.3 Å². The first kappa shape index (κ1) is 15.3. The Morgan fingerprint density at radius 1 is 1.21 bits per heavy atom. The van der Waals surface area contributed by atoms with Gasteiger partial charge in [-0.25, -0.2) is 0 Å². The molecule has 2 nitrogen and oxygen atoms in total. The highest BCUT2D eigenvalue weighted by molar-refractivity contribution is 5.00.